The fourth-order valence-corrected chi connectivity index (χ4v) is 2.30. The quantitative estimate of drug-likeness (QED) is 0.897. The highest BCUT2D eigenvalue weighted by molar-refractivity contribution is 5.81. The fourth-order valence-electron chi connectivity index (χ4n) is 2.30. The van der Waals surface area contributed by atoms with Crippen molar-refractivity contribution in [2.45, 2.75) is 25.0 Å². The molecule has 0 radical (unpaired) electrons. The van der Waals surface area contributed by atoms with Crippen LogP contribution in [0.1, 0.15) is 24.4 Å². The molecule has 0 aliphatic carbocycles. The van der Waals surface area contributed by atoms with E-state index in [1.165, 1.54) is 0 Å². The van der Waals surface area contributed by atoms with Crippen molar-refractivity contribution in [1.29, 1.82) is 5.26 Å². The smallest absolute Gasteiger partial charge is 0.250 e. The van der Waals surface area contributed by atoms with E-state index in [0.717, 1.165) is 6.42 Å². The Morgan fingerprint density at radius 3 is 3.00 bits per heavy atom. The molecule has 20 heavy (non-hydrogen) atoms. The van der Waals surface area contributed by atoms with Gasteiger partial charge in [0.25, 0.3) is 0 Å². The summed E-state index contributed by atoms with van der Waals surface area (Å²) in [5.74, 6) is 0.997. The van der Waals surface area contributed by atoms with Crippen LogP contribution in [0.25, 0.3) is 0 Å². The predicted molar refractivity (Wildman–Crippen MR) is 68.0 cm³/mol. The first kappa shape index (κ1) is 12.8. The number of rotatable bonds is 3. The number of hydrogen-bond acceptors (Lipinski definition) is 5. The number of amides is 1. The minimum absolute atomic E-state index is 0.179. The van der Waals surface area contributed by atoms with Crippen LogP contribution in [0.3, 0.4) is 0 Å². The van der Waals surface area contributed by atoms with Crippen molar-refractivity contribution in [1.82, 2.24) is 5.32 Å². The van der Waals surface area contributed by atoms with Gasteiger partial charge in [0.2, 0.25) is 12.7 Å². The lowest BCUT2D eigenvalue weighted by Crippen LogP contribution is -2.36. The van der Waals surface area contributed by atoms with Gasteiger partial charge in [-0.15, -0.1) is 0 Å². The Morgan fingerprint density at radius 2 is 2.25 bits per heavy atom. The third kappa shape index (κ3) is 2.40. The Morgan fingerprint density at radius 1 is 1.40 bits per heavy atom. The molecule has 104 valence electrons. The van der Waals surface area contributed by atoms with Crippen LogP contribution < -0.4 is 14.8 Å². The lowest BCUT2D eigenvalue weighted by molar-refractivity contribution is -0.130. The molecule has 1 N–H and O–H groups in total. The topological polar surface area (TPSA) is 80.6 Å². The molecule has 0 spiro atoms. The molecule has 0 bridgehead atoms. The maximum Gasteiger partial charge on any atom is 0.250 e. The highest BCUT2D eigenvalue weighted by Gasteiger charge is 2.26. The Bertz CT molecular complexity index is 561. The highest BCUT2D eigenvalue weighted by atomic mass is 16.7. The molecule has 6 heteroatoms. The van der Waals surface area contributed by atoms with E-state index in [1.807, 2.05) is 0 Å². The molecule has 2 heterocycles. The van der Waals surface area contributed by atoms with Crippen molar-refractivity contribution in [3.8, 4) is 17.6 Å². The van der Waals surface area contributed by atoms with Crippen molar-refractivity contribution in [3.05, 3.63) is 23.8 Å². The minimum Gasteiger partial charge on any atom is -0.454 e. The summed E-state index contributed by atoms with van der Waals surface area (Å²) >= 11 is 0. The van der Waals surface area contributed by atoms with Crippen molar-refractivity contribution < 1.29 is 19.0 Å². The molecule has 3 rings (SSSR count). The van der Waals surface area contributed by atoms with Crippen LogP contribution in [-0.4, -0.2) is 25.4 Å². The molecule has 0 saturated carbocycles. The van der Waals surface area contributed by atoms with Crippen molar-refractivity contribution in [2.24, 2.45) is 0 Å². The van der Waals surface area contributed by atoms with Gasteiger partial charge in [0, 0.05) is 6.61 Å². The molecule has 0 aromatic heterocycles. The number of benzene rings is 1. The molecule has 2 aliphatic heterocycles. The number of carbonyl (C=O) groups excluding carboxylic acids is 1. The van der Waals surface area contributed by atoms with Crippen LogP contribution >= 0.6 is 0 Å². The minimum atomic E-state index is -0.721. The maximum absolute atomic E-state index is 12.0. The lowest BCUT2D eigenvalue weighted by Gasteiger charge is -2.15. The normalized spacial score (nSPS) is 21.2. The summed E-state index contributed by atoms with van der Waals surface area (Å²) in [6.45, 7) is 0.775. The third-order valence-electron chi connectivity index (χ3n) is 3.37. The monoisotopic (exact) mass is 274 g/mol. The molecule has 1 aromatic rings. The number of ether oxygens (including phenoxy) is 3. The van der Waals surface area contributed by atoms with Gasteiger partial charge in [-0.2, -0.15) is 5.26 Å². The molecule has 1 aromatic carbocycles. The summed E-state index contributed by atoms with van der Waals surface area (Å²) < 4.78 is 15.8. The second kappa shape index (κ2) is 5.39. The molecule has 2 unspecified atom stereocenters. The first-order valence-electron chi connectivity index (χ1n) is 6.49. The largest absolute Gasteiger partial charge is 0.454 e. The van der Waals surface area contributed by atoms with Gasteiger partial charge in [-0.1, -0.05) is 6.07 Å². The summed E-state index contributed by atoms with van der Waals surface area (Å²) in [5.41, 5.74) is 0.670. The van der Waals surface area contributed by atoms with Gasteiger partial charge in [0.05, 0.1) is 6.07 Å². The summed E-state index contributed by atoms with van der Waals surface area (Å²) in [6.07, 6.45) is 1.13. The van der Waals surface area contributed by atoms with E-state index >= 15 is 0 Å². The molecule has 1 saturated heterocycles. The summed E-state index contributed by atoms with van der Waals surface area (Å²) in [5, 5.41) is 11.9. The van der Waals surface area contributed by atoms with Gasteiger partial charge >= 0.3 is 0 Å². The highest BCUT2D eigenvalue weighted by Crippen LogP contribution is 2.34. The molecule has 1 amide bonds. The van der Waals surface area contributed by atoms with Crippen molar-refractivity contribution >= 4 is 5.91 Å². The van der Waals surface area contributed by atoms with Crippen LogP contribution in [0.4, 0.5) is 0 Å². The van der Waals surface area contributed by atoms with Gasteiger partial charge in [0.15, 0.2) is 11.5 Å². The van der Waals surface area contributed by atoms with Gasteiger partial charge in [-0.25, -0.2) is 0 Å². The van der Waals surface area contributed by atoms with Crippen molar-refractivity contribution in [2.75, 3.05) is 13.4 Å². The molecule has 1 fully saturated rings. The average Bonchev–Trinajstić information content (AvgIpc) is 3.14. The molecular formula is C14H14N2O4. The lowest BCUT2D eigenvalue weighted by atomic mass is 10.1. The number of nitriles is 1. The van der Waals surface area contributed by atoms with Gasteiger partial charge in [-0.3, -0.25) is 4.79 Å². The number of hydrogen-bond donors (Lipinski definition) is 1. The standard InChI is InChI=1S/C14H14N2O4/c15-7-10(16-14(17)12-2-1-5-18-12)9-3-4-11-13(6-9)20-8-19-11/h3-4,6,10,12H,1-2,5,8H2,(H,16,17). The average molecular weight is 274 g/mol. The van der Waals surface area contributed by atoms with Gasteiger partial charge in [0.1, 0.15) is 12.1 Å². The zero-order valence-electron chi connectivity index (χ0n) is 10.8. The van der Waals surface area contributed by atoms with Crippen LogP contribution in [0, 0.1) is 11.3 Å². The van der Waals surface area contributed by atoms with Crippen LogP contribution in [-0.2, 0) is 9.53 Å². The van der Waals surface area contributed by atoms with E-state index in [-0.39, 0.29) is 12.7 Å². The second-order valence-electron chi connectivity index (χ2n) is 4.69. The maximum atomic E-state index is 12.0. The van der Waals surface area contributed by atoms with Crippen molar-refractivity contribution in [3.63, 3.8) is 0 Å². The number of fused-ring (bicyclic) bond motifs is 1. The van der Waals surface area contributed by atoms with Crippen LogP contribution in [0.2, 0.25) is 0 Å². The summed E-state index contributed by atoms with van der Waals surface area (Å²) in [7, 11) is 0. The third-order valence-corrected chi connectivity index (χ3v) is 3.37. The Kier molecular flexibility index (Phi) is 3.44. The number of carbonyl (C=O) groups is 1. The van der Waals surface area contributed by atoms with E-state index in [4.69, 9.17) is 14.2 Å². The number of nitrogens with zero attached hydrogens (tertiary/aromatic N) is 1. The first-order valence-corrected chi connectivity index (χ1v) is 6.49. The Labute approximate surface area is 116 Å². The number of nitrogens with one attached hydrogen (secondary N) is 1. The predicted octanol–water partition coefficient (Wildman–Crippen LogP) is 1.28. The van der Waals surface area contributed by atoms with Gasteiger partial charge < -0.3 is 19.5 Å². The first-order chi connectivity index (χ1) is 9.78. The molecule has 6 nitrogen and oxygen atoms in total. The van der Waals surface area contributed by atoms with E-state index < -0.39 is 12.1 Å². The van der Waals surface area contributed by atoms with Crippen LogP contribution in [0.5, 0.6) is 11.5 Å². The van der Waals surface area contributed by atoms with E-state index in [1.54, 1.807) is 18.2 Å². The second-order valence-corrected chi connectivity index (χ2v) is 4.69. The SMILES string of the molecule is N#CC(NC(=O)C1CCCO1)c1ccc2c(c1)OCO2. The van der Waals surface area contributed by atoms with E-state index in [9.17, 15) is 10.1 Å². The van der Waals surface area contributed by atoms with E-state index in [2.05, 4.69) is 11.4 Å². The molecule has 2 atom stereocenters. The van der Waals surface area contributed by atoms with E-state index in [0.29, 0.717) is 30.1 Å². The Hall–Kier alpha value is -2.26. The fraction of sp³-hybridized carbons (Fsp3) is 0.429. The summed E-state index contributed by atoms with van der Waals surface area (Å²) in [4.78, 5) is 12.0. The Balaban J connectivity index is 1.73. The van der Waals surface area contributed by atoms with Gasteiger partial charge in [-0.05, 0) is 30.5 Å². The summed E-state index contributed by atoms with van der Waals surface area (Å²) in [6, 6.07) is 6.56. The van der Waals surface area contributed by atoms with Crippen LogP contribution in [0.15, 0.2) is 18.2 Å². The molecule has 2 aliphatic rings. The molecular weight excluding hydrogens is 260 g/mol. The zero-order chi connectivity index (χ0) is 13.9. The zero-order valence-corrected chi connectivity index (χ0v) is 10.8.